The standard InChI is InChI=1S/C7H7ClN6O/c1-15-7-12-5(4(2-9)3-10)14(11)6(8)13-7/h4,6H,11H2,1H3. The molecule has 0 aromatic rings. The van der Waals surface area contributed by atoms with Crippen molar-refractivity contribution >= 4 is 23.5 Å². The predicted molar refractivity (Wildman–Crippen MR) is 52.3 cm³/mol. The molecule has 0 amide bonds. The average molecular weight is 227 g/mol. The Hall–Kier alpha value is -1.83. The first-order valence-electron chi connectivity index (χ1n) is 3.81. The number of methoxy groups -OCH3 is 1. The lowest BCUT2D eigenvalue weighted by atomic mass is 10.1. The van der Waals surface area contributed by atoms with Gasteiger partial charge in [0.15, 0.2) is 11.8 Å². The maximum Gasteiger partial charge on any atom is 0.316 e. The van der Waals surface area contributed by atoms with Gasteiger partial charge < -0.3 is 4.74 Å². The molecule has 1 aliphatic rings. The maximum absolute atomic E-state index is 8.68. The van der Waals surface area contributed by atoms with Gasteiger partial charge in [-0.25, -0.2) is 5.84 Å². The number of nitriles is 2. The van der Waals surface area contributed by atoms with Gasteiger partial charge in [-0.05, 0) is 0 Å². The first kappa shape index (κ1) is 11.2. The van der Waals surface area contributed by atoms with Gasteiger partial charge >= 0.3 is 6.02 Å². The molecule has 7 nitrogen and oxygen atoms in total. The third-order valence-electron chi connectivity index (χ3n) is 1.62. The number of hydrogen-bond acceptors (Lipinski definition) is 7. The molecule has 0 saturated carbocycles. The number of amidine groups is 2. The molecule has 1 atom stereocenters. The summed E-state index contributed by atoms with van der Waals surface area (Å²) in [5, 5.41) is 18.3. The summed E-state index contributed by atoms with van der Waals surface area (Å²) in [4.78, 5) is 7.53. The number of ether oxygens (including phenoxy) is 1. The summed E-state index contributed by atoms with van der Waals surface area (Å²) in [7, 11) is 1.35. The number of aliphatic imine (C=N–C) groups is 2. The molecule has 0 aromatic carbocycles. The van der Waals surface area contributed by atoms with Crippen LogP contribution in [0.3, 0.4) is 0 Å². The highest BCUT2D eigenvalue weighted by atomic mass is 35.5. The summed E-state index contributed by atoms with van der Waals surface area (Å²) >= 11 is 5.73. The highest BCUT2D eigenvalue weighted by Crippen LogP contribution is 2.14. The number of rotatable bonds is 1. The van der Waals surface area contributed by atoms with E-state index in [0.29, 0.717) is 0 Å². The van der Waals surface area contributed by atoms with Crippen molar-refractivity contribution in [3.8, 4) is 12.1 Å². The van der Waals surface area contributed by atoms with E-state index >= 15 is 0 Å². The molecule has 0 aromatic heterocycles. The van der Waals surface area contributed by atoms with E-state index in [0.717, 1.165) is 5.01 Å². The highest BCUT2D eigenvalue weighted by Gasteiger charge is 2.29. The fourth-order valence-corrected chi connectivity index (χ4v) is 1.09. The monoisotopic (exact) mass is 226 g/mol. The largest absolute Gasteiger partial charge is 0.467 e. The third-order valence-corrected chi connectivity index (χ3v) is 1.93. The fraction of sp³-hybridized carbons (Fsp3) is 0.429. The Labute approximate surface area is 91.0 Å². The van der Waals surface area contributed by atoms with Crippen molar-refractivity contribution in [3.05, 3.63) is 0 Å². The summed E-state index contributed by atoms with van der Waals surface area (Å²) in [5.74, 6) is 4.42. The van der Waals surface area contributed by atoms with E-state index < -0.39 is 11.5 Å². The maximum atomic E-state index is 8.68. The van der Waals surface area contributed by atoms with Gasteiger partial charge in [0.1, 0.15) is 0 Å². The van der Waals surface area contributed by atoms with Crippen LogP contribution in [0.5, 0.6) is 0 Å². The summed E-state index contributed by atoms with van der Waals surface area (Å²) in [6, 6.07) is 3.46. The molecule has 78 valence electrons. The Morgan fingerprint density at radius 2 is 2.20 bits per heavy atom. The van der Waals surface area contributed by atoms with Crippen LogP contribution in [0.15, 0.2) is 9.98 Å². The van der Waals surface area contributed by atoms with Crippen molar-refractivity contribution in [3.63, 3.8) is 0 Å². The van der Waals surface area contributed by atoms with Gasteiger partial charge in [-0.15, -0.1) is 0 Å². The predicted octanol–water partition coefficient (Wildman–Crippen LogP) is -0.238. The van der Waals surface area contributed by atoms with Crippen molar-refractivity contribution in [2.24, 2.45) is 21.7 Å². The smallest absolute Gasteiger partial charge is 0.316 e. The number of nitrogens with zero attached hydrogens (tertiary/aromatic N) is 5. The molecule has 2 N–H and O–H groups in total. The number of halogens is 1. The second-order valence-corrected chi connectivity index (χ2v) is 2.89. The third kappa shape index (κ3) is 2.15. The van der Waals surface area contributed by atoms with E-state index in [9.17, 15) is 0 Å². The topological polar surface area (TPSA) is 111 Å². The van der Waals surface area contributed by atoms with Crippen molar-refractivity contribution in [2.75, 3.05) is 7.11 Å². The molecule has 8 heteroatoms. The van der Waals surface area contributed by atoms with Crippen molar-refractivity contribution in [2.45, 2.75) is 5.62 Å². The zero-order chi connectivity index (χ0) is 11.4. The molecular formula is C7H7ClN6O. The second-order valence-electron chi connectivity index (χ2n) is 2.49. The van der Waals surface area contributed by atoms with Gasteiger partial charge in [-0.3, -0.25) is 5.01 Å². The molecule has 1 aliphatic heterocycles. The van der Waals surface area contributed by atoms with Crippen molar-refractivity contribution in [1.29, 1.82) is 10.5 Å². The molecule has 0 aliphatic carbocycles. The van der Waals surface area contributed by atoms with E-state index in [4.69, 9.17) is 32.7 Å². The van der Waals surface area contributed by atoms with Gasteiger partial charge in [-0.1, -0.05) is 11.6 Å². The molecule has 0 fully saturated rings. The van der Waals surface area contributed by atoms with Gasteiger partial charge in [0.2, 0.25) is 5.62 Å². The molecule has 0 saturated heterocycles. The molecule has 15 heavy (non-hydrogen) atoms. The van der Waals surface area contributed by atoms with Crippen molar-refractivity contribution in [1.82, 2.24) is 5.01 Å². The van der Waals surface area contributed by atoms with Crippen LogP contribution in [-0.2, 0) is 4.74 Å². The van der Waals surface area contributed by atoms with Crippen LogP contribution in [0, 0.1) is 28.6 Å². The Balaban J connectivity index is 3.07. The Kier molecular flexibility index (Phi) is 3.45. The Morgan fingerprint density at radius 1 is 1.60 bits per heavy atom. The van der Waals surface area contributed by atoms with E-state index in [1.165, 1.54) is 7.11 Å². The summed E-state index contributed by atoms with van der Waals surface area (Å²) in [6.07, 6.45) is 0. The van der Waals surface area contributed by atoms with E-state index in [2.05, 4.69) is 9.98 Å². The summed E-state index contributed by atoms with van der Waals surface area (Å²) < 4.78 is 4.76. The quantitative estimate of drug-likeness (QED) is 0.377. The van der Waals surface area contributed by atoms with Gasteiger partial charge in [0.05, 0.1) is 19.2 Å². The highest BCUT2D eigenvalue weighted by molar-refractivity contribution is 6.22. The molecule has 1 unspecified atom stereocenters. The summed E-state index contributed by atoms with van der Waals surface area (Å²) in [5.41, 5.74) is -0.934. The van der Waals surface area contributed by atoms with Crippen LogP contribution >= 0.6 is 11.6 Å². The van der Waals surface area contributed by atoms with Crippen molar-refractivity contribution < 1.29 is 4.74 Å². The molecule has 0 spiro atoms. The minimum absolute atomic E-state index is 0.0119. The van der Waals surface area contributed by atoms with Crippen LogP contribution in [0.4, 0.5) is 0 Å². The average Bonchev–Trinajstić information content (AvgIpc) is 2.25. The molecule has 0 bridgehead atoms. The number of hydrazine groups is 1. The van der Waals surface area contributed by atoms with Crippen LogP contribution in [0.1, 0.15) is 0 Å². The Bertz CT molecular complexity index is 377. The lowest BCUT2D eigenvalue weighted by Gasteiger charge is -2.26. The minimum Gasteiger partial charge on any atom is -0.467 e. The zero-order valence-corrected chi connectivity index (χ0v) is 8.51. The van der Waals surface area contributed by atoms with Crippen LogP contribution in [-0.4, -0.2) is 29.6 Å². The minimum atomic E-state index is -1.10. The first-order chi connectivity index (χ1) is 7.13. The number of nitrogens with two attached hydrogens (primary N) is 1. The second kappa shape index (κ2) is 4.60. The van der Waals surface area contributed by atoms with E-state index in [1.54, 1.807) is 12.1 Å². The van der Waals surface area contributed by atoms with Gasteiger partial charge in [0.25, 0.3) is 0 Å². The lowest BCUT2D eigenvalue weighted by molar-refractivity contribution is 0.350. The summed E-state index contributed by atoms with van der Waals surface area (Å²) in [6.45, 7) is 0. The molecule has 1 heterocycles. The normalized spacial score (nSPS) is 20.1. The van der Waals surface area contributed by atoms with Gasteiger partial charge in [0, 0.05) is 0 Å². The lowest BCUT2D eigenvalue weighted by Crippen LogP contribution is -2.48. The van der Waals surface area contributed by atoms with E-state index in [-0.39, 0.29) is 11.9 Å². The fourth-order valence-electron chi connectivity index (χ4n) is 0.903. The van der Waals surface area contributed by atoms with Gasteiger partial charge in [-0.2, -0.15) is 20.5 Å². The molecule has 0 radical (unpaired) electrons. The SMILES string of the molecule is COC1=NC(Cl)N(N)C(C(C#N)C#N)=N1. The van der Waals surface area contributed by atoms with Crippen LogP contribution < -0.4 is 5.84 Å². The van der Waals surface area contributed by atoms with E-state index in [1.807, 2.05) is 0 Å². The van der Waals surface area contributed by atoms with Crippen LogP contribution in [0.2, 0.25) is 0 Å². The Morgan fingerprint density at radius 3 is 2.67 bits per heavy atom. The number of hydrogen-bond donors (Lipinski definition) is 1. The molecule has 1 rings (SSSR count). The van der Waals surface area contributed by atoms with Crippen LogP contribution in [0.25, 0.3) is 0 Å². The molecular weight excluding hydrogens is 220 g/mol. The first-order valence-corrected chi connectivity index (χ1v) is 4.25. The zero-order valence-electron chi connectivity index (χ0n) is 7.75. The number of alkyl halides is 1.